The summed E-state index contributed by atoms with van der Waals surface area (Å²) in [5.74, 6) is 0. The summed E-state index contributed by atoms with van der Waals surface area (Å²) in [7, 11) is 0. The highest BCUT2D eigenvalue weighted by Crippen LogP contribution is 2.35. The van der Waals surface area contributed by atoms with Crippen LogP contribution in [0.1, 0.15) is 74.1 Å². The number of hydrogen-bond donors (Lipinski definition) is 10. The standard InChI is InChI=1S/C39H66O18/c1-9-39(8,15-11-14-18(4)13-10-12-17(2)3)57-38-34(28(45)25(42)22(54-38)16-50-35-30(47)26(43)23(40)19(5)51-35)56-37-32(49)29(46)33(21(7)53-37)55-36-31(48)27(44)24(41)20(6)52-36/h9,12,14,19-38,40-49H,1,10-11,13,15-16H2,2-8H3/b18-14-/t19-,20-,21-,22+,23-,24-,25+,26+,27+,28-,29-,30+,31+,32+,33-,34+,35+,36-,37-,38-,39-/m0/s1. The lowest BCUT2D eigenvalue weighted by molar-refractivity contribution is -0.388. The lowest BCUT2D eigenvalue weighted by atomic mass is 9.95. The third kappa shape index (κ3) is 11.9. The molecule has 0 aliphatic carbocycles. The third-order valence-electron chi connectivity index (χ3n) is 11.1. The SMILES string of the molecule is C=C[C@@](C)(CC/C=C(/C)CCC=C(C)C)O[C@@H]1O[C@H](CO[C@@H]2O[C@@H](C)[C@H](O)[C@@H](O)[C@H]2O)[C@@H](O)[C@H](O)[C@H]1O[C@@H]1O[C@@H](C)[C@H](O[C@@H]2O[C@@H](C)[C@H](O)[C@@H](O)[C@H]2O)[C@@H](O)[C@H]1O. The van der Waals surface area contributed by atoms with Gasteiger partial charge < -0.3 is 89.0 Å². The summed E-state index contributed by atoms with van der Waals surface area (Å²) in [6, 6.07) is 0. The maximum absolute atomic E-state index is 11.5. The first-order valence-electron chi connectivity index (χ1n) is 19.6. The first kappa shape index (κ1) is 48.2. The Labute approximate surface area is 333 Å². The van der Waals surface area contributed by atoms with Crippen LogP contribution in [0.3, 0.4) is 0 Å². The minimum absolute atomic E-state index is 0.403. The van der Waals surface area contributed by atoms with Crippen LogP contribution in [-0.4, -0.2) is 186 Å². The fourth-order valence-electron chi connectivity index (χ4n) is 7.14. The van der Waals surface area contributed by atoms with Crippen LogP contribution in [0.4, 0.5) is 0 Å². The van der Waals surface area contributed by atoms with E-state index in [1.54, 1.807) is 13.0 Å². The molecule has 4 saturated heterocycles. The highest BCUT2D eigenvalue weighted by molar-refractivity contribution is 5.05. The molecule has 4 aliphatic heterocycles. The van der Waals surface area contributed by atoms with Crippen LogP contribution in [0.25, 0.3) is 0 Å². The van der Waals surface area contributed by atoms with Crippen LogP contribution >= 0.6 is 0 Å². The van der Waals surface area contributed by atoms with Gasteiger partial charge in [-0.25, -0.2) is 0 Å². The molecular weight excluding hydrogens is 756 g/mol. The normalized spacial score (nSPS) is 45.6. The molecule has 4 aliphatic rings. The molecular formula is C39H66O18. The molecule has 0 unspecified atom stereocenters. The number of aliphatic hydroxyl groups excluding tert-OH is 10. The van der Waals surface area contributed by atoms with E-state index in [0.717, 1.165) is 12.8 Å². The molecule has 57 heavy (non-hydrogen) atoms. The van der Waals surface area contributed by atoms with Gasteiger partial charge >= 0.3 is 0 Å². The van der Waals surface area contributed by atoms with Crippen molar-refractivity contribution in [1.82, 2.24) is 0 Å². The Morgan fingerprint density at radius 2 is 1.09 bits per heavy atom. The highest BCUT2D eigenvalue weighted by Gasteiger charge is 2.54. The molecule has 21 atom stereocenters. The fourth-order valence-corrected chi connectivity index (χ4v) is 7.14. The number of ether oxygens (including phenoxy) is 8. The van der Waals surface area contributed by atoms with E-state index in [1.807, 2.05) is 20.8 Å². The van der Waals surface area contributed by atoms with Crippen LogP contribution in [-0.2, 0) is 37.9 Å². The van der Waals surface area contributed by atoms with Crippen molar-refractivity contribution in [2.75, 3.05) is 6.61 Å². The largest absolute Gasteiger partial charge is 0.388 e. The summed E-state index contributed by atoms with van der Waals surface area (Å²) < 4.78 is 47.0. The van der Waals surface area contributed by atoms with Crippen molar-refractivity contribution in [3.05, 3.63) is 36.0 Å². The van der Waals surface area contributed by atoms with Gasteiger partial charge in [-0.15, -0.1) is 6.58 Å². The highest BCUT2D eigenvalue weighted by atomic mass is 16.8. The fraction of sp³-hybridized carbons (Fsp3) is 0.846. The Kier molecular flexibility index (Phi) is 17.6. The van der Waals surface area contributed by atoms with Gasteiger partial charge in [0.05, 0.1) is 30.5 Å². The van der Waals surface area contributed by atoms with E-state index >= 15 is 0 Å². The smallest absolute Gasteiger partial charge is 0.188 e. The van der Waals surface area contributed by atoms with Crippen LogP contribution < -0.4 is 0 Å². The van der Waals surface area contributed by atoms with Crippen LogP contribution in [0.2, 0.25) is 0 Å². The third-order valence-corrected chi connectivity index (χ3v) is 11.1. The summed E-state index contributed by atoms with van der Waals surface area (Å²) in [5.41, 5.74) is 1.30. The molecule has 0 saturated carbocycles. The van der Waals surface area contributed by atoms with E-state index in [0.29, 0.717) is 12.8 Å². The Bertz CT molecular complexity index is 1330. The average Bonchev–Trinajstić information content (AvgIpc) is 3.16. The van der Waals surface area contributed by atoms with E-state index < -0.39 is 135 Å². The second-order valence-electron chi connectivity index (χ2n) is 16.2. The maximum Gasteiger partial charge on any atom is 0.188 e. The zero-order valence-electron chi connectivity index (χ0n) is 33.8. The molecule has 10 N–H and O–H groups in total. The zero-order valence-corrected chi connectivity index (χ0v) is 33.8. The van der Waals surface area contributed by atoms with Crippen LogP contribution in [0, 0.1) is 0 Å². The molecule has 18 nitrogen and oxygen atoms in total. The van der Waals surface area contributed by atoms with Crippen molar-refractivity contribution in [2.45, 2.75) is 203 Å². The van der Waals surface area contributed by atoms with E-state index in [9.17, 15) is 51.1 Å². The number of rotatable bonds is 16. The van der Waals surface area contributed by atoms with Crippen LogP contribution in [0.5, 0.6) is 0 Å². The first-order valence-corrected chi connectivity index (χ1v) is 19.6. The summed E-state index contributed by atoms with van der Waals surface area (Å²) in [6.45, 7) is 15.7. The van der Waals surface area contributed by atoms with Gasteiger partial charge in [0, 0.05) is 0 Å². The van der Waals surface area contributed by atoms with E-state index in [-0.39, 0.29) is 0 Å². The Balaban J connectivity index is 1.51. The second kappa shape index (κ2) is 20.8. The Morgan fingerprint density at radius 1 is 0.579 bits per heavy atom. The molecule has 0 amide bonds. The lowest BCUT2D eigenvalue weighted by Crippen LogP contribution is -2.66. The molecule has 0 aromatic rings. The average molecular weight is 823 g/mol. The first-order chi connectivity index (χ1) is 26.7. The summed E-state index contributed by atoms with van der Waals surface area (Å²) in [6.07, 6.45) is -21.0. The maximum atomic E-state index is 11.5. The number of aliphatic hydroxyl groups is 10. The summed E-state index contributed by atoms with van der Waals surface area (Å²) >= 11 is 0. The molecule has 4 rings (SSSR count). The van der Waals surface area contributed by atoms with Crippen molar-refractivity contribution in [2.24, 2.45) is 0 Å². The predicted molar refractivity (Wildman–Crippen MR) is 199 cm³/mol. The van der Waals surface area contributed by atoms with Gasteiger partial charge in [-0.1, -0.05) is 29.4 Å². The molecule has 4 heterocycles. The van der Waals surface area contributed by atoms with Crippen molar-refractivity contribution in [3.8, 4) is 0 Å². The topological polar surface area (TPSA) is 276 Å². The minimum atomic E-state index is -1.84. The molecule has 330 valence electrons. The van der Waals surface area contributed by atoms with Crippen LogP contribution in [0.15, 0.2) is 36.0 Å². The molecule has 0 spiro atoms. The van der Waals surface area contributed by atoms with Gasteiger partial charge in [0.25, 0.3) is 0 Å². The van der Waals surface area contributed by atoms with Crippen molar-refractivity contribution in [1.29, 1.82) is 0 Å². The van der Waals surface area contributed by atoms with Crippen molar-refractivity contribution < 1.29 is 89.0 Å². The Hall–Kier alpha value is -1.50. The van der Waals surface area contributed by atoms with Gasteiger partial charge in [0.1, 0.15) is 79.4 Å². The molecule has 4 fully saturated rings. The lowest BCUT2D eigenvalue weighted by Gasteiger charge is -2.49. The number of allylic oxidation sites excluding steroid dienone is 4. The Morgan fingerprint density at radius 3 is 1.67 bits per heavy atom. The predicted octanol–water partition coefficient (Wildman–Crippen LogP) is -1.22. The zero-order chi connectivity index (χ0) is 42.5. The molecule has 0 aromatic heterocycles. The van der Waals surface area contributed by atoms with Crippen molar-refractivity contribution >= 4 is 0 Å². The van der Waals surface area contributed by atoms with E-state index in [2.05, 4.69) is 18.7 Å². The van der Waals surface area contributed by atoms with Crippen molar-refractivity contribution in [3.63, 3.8) is 0 Å². The van der Waals surface area contributed by atoms with Gasteiger partial charge in [-0.05, 0) is 74.1 Å². The summed E-state index contributed by atoms with van der Waals surface area (Å²) in [4.78, 5) is 0. The molecule has 18 heteroatoms. The minimum Gasteiger partial charge on any atom is -0.388 e. The molecule has 0 aromatic carbocycles. The summed E-state index contributed by atoms with van der Waals surface area (Å²) in [5, 5.41) is 107. The van der Waals surface area contributed by atoms with Gasteiger partial charge in [0.15, 0.2) is 25.2 Å². The molecule has 0 radical (unpaired) electrons. The quantitative estimate of drug-likeness (QED) is 0.0817. The second-order valence-corrected chi connectivity index (χ2v) is 16.2. The number of hydrogen-bond acceptors (Lipinski definition) is 18. The van der Waals surface area contributed by atoms with Gasteiger partial charge in [-0.2, -0.15) is 0 Å². The monoisotopic (exact) mass is 822 g/mol. The van der Waals surface area contributed by atoms with Gasteiger partial charge in [0.2, 0.25) is 0 Å². The molecule has 0 bridgehead atoms. The van der Waals surface area contributed by atoms with E-state index in [1.165, 1.54) is 31.9 Å². The van der Waals surface area contributed by atoms with E-state index in [4.69, 9.17) is 37.9 Å². The van der Waals surface area contributed by atoms with Gasteiger partial charge in [-0.3, -0.25) is 0 Å².